The molecule has 2 amide bonds. The molecule has 0 saturated carbocycles. The van der Waals surface area contributed by atoms with E-state index in [9.17, 15) is 4.79 Å². The molecule has 2 aromatic carbocycles. The summed E-state index contributed by atoms with van der Waals surface area (Å²) in [6.45, 7) is 3.71. The van der Waals surface area contributed by atoms with Gasteiger partial charge in [-0.25, -0.2) is 4.79 Å². The number of halogens is 1. The van der Waals surface area contributed by atoms with E-state index in [1.807, 2.05) is 31.2 Å². The third kappa shape index (κ3) is 6.13. The van der Waals surface area contributed by atoms with Crippen LogP contribution in [-0.2, 0) is 11.3 Å². The van der Waals surface area contributed by atoms with Crippen molar-refractivity contribution in [1.29, 1.82) is 0 Å². The number of carbonyl (C=O) groups is 1. The van der Waals surface area contributed by atoms with Gasteiger partial charge in [-0.2, -0.15) is 0 Å². The lowest BCUT2D eigenvalue weighted by Gasteiger charge is -2.14. The third-order valence-corrected chi connectivity index (χ3v) is 3.80. The van der Waals surface area contributed by atoms with Crippen molar-refractivity contribution in [2.75, 3.05) is 32.2 Å². The Labute approximate surface area is 158 Å². The van der Waals surface area contributed by atoms with Crippen LogP contribution in [0, 0.1) is 0 Å². The number of methoxy groups -OCH3 is 1. The molecule has 0 fully saturated rings. The minimum absolute atomic E-state index is 0.347. The summed E-state index contributed by atoms with van der Waals surface area (Å²) in [5.74, 6) is 1.19. The van der Waals surface area contributed by atoms with Gasteiger partial charge in [0.15, 0.2) is 5.75 Å². The molecule has 0 saturated heterocycles. The SMILES string of the molecule is CCOCCOc1c(Cl)cccc1NC(=O)NCc1ccc(OC)cc1. The van der Waals surface area contributed by atoms with Gasteiger partial charge < -0.3 is 24.8 Å². The van der Waals surface area contributed by atoms with Gasteiger partial charge in [0.05, 0.1) is 24.4 Å². The van der Waals surface area contributed by atoms with Crippen molar-refractivity contribution in [2.45, 2.75) is 13.5 Å². The molecular weight excluding hydrogens is 356 g/mol. The predicted molar refractivity (Wildman–Crippen MR) is 102 cm³/mol. The number of hydrogen-bond acceptors (Lipinski definition) is 4. The highest BCUT2D eigenvalue weighted by molar-refractivity contribution is 6.32. The van der Waals surface area contributed by atoms with Crippen LogP contribution in [-0.4, -0.2) is 33.0 Å². The Morgan fingerprint density at radius 1 is 1.12 bits per heavy atom. The van der Waals surface area contributed by atoms with Crippen molar-refractivity contribution in [1.82, 2.24) is 5.32 Å². The lowest BCUT2D eigenvalue weighted by Crippen LogP contribution is -2.28. The monoisotopic (exact) mass is 378 g/mol. The summed E-state index contributed by atoms with van der Waals surface area (Å²) < 4.78 is 16.0. The number of hydrogen-bond donors (Lipinski definition) is 2. The Morgan fingerprint density at radius 3 is 2.58 bits per heavy atom. The van der Waals surface area contributed by atoms with Gasteiger partial charge in [0.2, 0.25) is 0 Å². The zero-order chi connectivity index (χ0) is 18.8. The Kier molecular flexibility index (Phi) is 8.05. The number of carbonyl (C=O) groups excluding carboxylic acids is 1. The summed E-state index contributed by atoms with van der Waals surface area (Å²) >= 11 is 6.18. The molecule has 0 aliphatic carbocycles. The molecule has 140 valence electrons. The highest BCUT2D eigenvalue weighted by Crippen LogP contribution is 2.32. The quantitative estimate of drug-likeness (QED) is 0.645. The van der Waals surface area contributed by atoms with Gasteiger partial charge >= 0.3 is 6.03 Å². The normalized spacial score (nSPS) is 10.3. The maximum absolute atomic E-state index is 12.2. The highest BCUT2D eigenvalue weighted by atomic mass is 35.5. The fraction of sp³-hybridized carbons (Fsp3) is 0.316. The highest BCUT2D eigenvalue weighted by Gasteiger charge is 2.11. The molecule has 0 radical (unpaired) electrons. The van der Waals surface area contributed by atoms with Crippen LogP contribution >= 0.6 is 11.6 Å². The average Bonchev–Trinajstić information content (AvgIpc) is 2.65. The van der Waals surface area contributed by atoms with Gasteiger partial charge in [0.1, 0.15) is 12.4 Å². The summed E-state index contributed by atoms with van der Waals surface area (Å²) in [5, 5.41) is 5.98. The lowest BCUT2D eigenvalue weighted by atomic mass is 10.2. The van der Waals surface area contributed by atoms with E-state index < -0.39 is 0 Å². The topological polar surface area (TPSA) is 68.8 Å². The summed E-state index contributed by atoms with van der Waals surface area (Å²) in [7, 11) is 1.61. The number of anilines is 1. The van der Waals surface area contributed by atoms with Gasteiger partial charge in [0.25, 0.3) is 0 Å². The summed E-state index contributed by atoms with van der Waals surface area (Å²) in [4.78, 5) is 12.2. The summed E-state index contributed by atoms with van der Waals surface area (Å²) in [6.07, 6.45) is 0. The fourth-order valence-corrected chi connectivity index (χ4v) is 2.42. The van der Waals surface area contributed by atoms with Crippen LogP contribution in [0.3, 0.4) is 0 Å². The second-order valence-electron chi connectivity index (χ2n) is 5.32. The predicted octanol–water partition coefficient (Wildman–Crippen LogP) is 4.09. The molecule has 2 rings (SSSR count). The first kappa shape index (κ1) is 19.9. The molecule has 0 atom stereocenters. The molecule has 0 unspecified atom stereocenters. The summed E-state index contributed by atoms with van der Waals surface area (Å²) in [5.41, 5.74) is 1.46. The first-order chi connectivity index (χ1) is 12.6. The Morgan fingerprint density at radius 2 is 1.88 bits per heavy atom. The van der Waals surface area contributed by atoms with Crippen LogP contribution in [0.2, 0.25) is 5.02 Å². The smallest absolute Gasteiger partial charge is 0.319 e. The van der Waals surface area contributed by atoms with Crippen molar-refractivity contribution in [3.8, 4) is 11.5 Å². The Hall–Kier alpha value is -2.44. The maximum atomic E-state index is 12.2. The van der Waals surface area contributed by atoms with E-state index >= 15 is 0 Å². The first-order valence-corrected chi connectivity index (χ1v) is 8.68. The number of urea groups is 1. The van der Waals surface area contributed by atoms with E-state index in [2.05, 4.69) is 10.6 Å². The molecule has 2 N–H and O–H groups in total. The van der Waals surface area contributed by atoms with Gasteiger partial charge in [-0.3, -0.25) is 0 Å². The molecule has 0 aliphatic rings. The first-order valence-electron chi connectivity index (χ1n) is 8.31. The molecule has 0 spiro atoms. The van der Waals surface area contributed by atoms with E-state index in [-0.39, 0.29) is 6.03 Å². The number of para-hydroxylation sites is 1. The zero-order valence-electron chi connectivity index (χ0n) is 14.9. The van der Waals surface area contributed by atoms with Crippen molar-refractivity contribution in [3.05, 3.63) is 53.1 Å². The third-order valence-electron chi connectivity index (χ3n) is 3.51. The van der Waals surface area contributed by atoms with Crippen LogP contribution < -0.4 is 20.1 Å². The number of nitrogens with one attached hydrogen (secondary N) is 2. The fourth-order valence-electron chi connectivity index (χ4n) is 2.19. The zero-order valence-corrected chi connectivity index (χ0v) is 15.6. The second-order valence-corrected chi connectivity index (χ2v) is 5.72. The van der Waals surface area contributed by atoms with E-state index in [0.29, 0.717) is 42.8 Å². The number of rotatable bonds is 9. The lowest BCUT2D eigenvalue weighted by molar-refractivity contribution is 0.110. The maximum Gasteiger partial charge on any atom is 0.319 e. The average molecular weight is 379 g/mol. The minimum atomic E-state index is -0.349. The number of amides is 2. The minimum Gasteiger partial charge on any atom is -0.497 e. The summed E-state index contributed by atoms with van der Waals surface area (Å²) in [6, 6.07) is 12.3. The molecule has 2 aromatic rings. The molecular formula is C19H23ClN2O4. The largest absolute Gasteiger partial charge is 0.497 e. The molecule has 0 bridgehead atoms. The van der Waals surface area contributed by atoms with Crippen molar-refractivity contribution < 1.29 is 19.0 Å². The molecule has 7 heteroatoms. The number of ether oxygens (including phenoxy) is 3. The van der Waals surface area contributed by atoms with E-state index in [0.717, 1.165) is 11.3 Å². The van der Waals surface area contributed by atoms with Crippen LogP contribution in [0.4, 0.5) is 10.5 Å². The van der Waals surface area contributed by atoms with Crippen molar-refractivity contribution in [2.24, 2.45) is 0 Å². The van der Waals surface area contributed by atoms with Crippen molar-refractivity contribution >= 4 is 23.3 Å². The van der Waals surface area contributed by atoms with Crippen LogP contribution in [0.15, 0.2) is 42.5 Å². The van der Waals surface area contributed by atoms with E-state index in [1.54, 1.807) is 25.3 Å². The molecule has 26 heavy (non-hydrogen) atoms. The molecule has 0 aromatic heterocycles. The van der Waals surface area contributed by atoms with Crippen LogP contribution in [0.25, 0.3) is 0 Å². The molecule has 0 heterocycles. The number of benzene rings is 2. The second kappa shape index (κ2) is 10.5. The van der Waals surface area contributed by atoms with Gasteiger partial charge in [-0.15, -0.1) is 0 Å². The Bertz CT molecular complexity index is 707. The Balaban J connectivity index is 1.91. The molecule has 0 aliphatic heterocycles. The van der Waals surface area contributed by atoms with Gasteiger partial charge in [0, 0.05) is 13.2 Å². The van der Waals surface area contributed by atoms with E-state index in [1.165, 1.54) is 0 Å². The van der Waals surface area contributed by atoms with Gasteiger partial charge in [-0.1, -0.05) is 29.8 Å². The van der Waals surface area contributed by atoms with Gasteiger partial charge in [-0.05, 0) is 36.8 Å². The van der Waals surface area contributed by atoms with Crippen LogP contribution in [0.5, 0.6) is 11.5 Å². The van der Waals surface area contributed by atoms with Crippen molar-refractivity contribution in [3.63, 3.8) is 0 Å². The van der Waals surface area contributed by atoms with Crippen LogP contribution in [0.1, 0.15) is 12.5 Å². The standard InChI is InChI=1S/C19H23ClN2O4/c1-3-25-11-12-26-18-16(20)5-4-6-17(18)22-19(23)21-13-14-7-9-15(24-2)10-8-14/h4-10H,3,11-13H2,1-2H3,(H2,21,22,23). The van der Waals surface area contributed by atoms with E-state index in [4.69, 9.17) is 25.8 Å². The molecule has 6 nitrogen and oxygen atoms in total.